The Hall–Kier alpha value is -2.05. The van der Waals surface area contributed by atoms with E-state index in [-0.39, 0.29) is 17.8 Å². The number of amides is 1. The van der Waals surface area contributed by atoms with E-state index >= 15 is 0 Å². The number of anilines is 1. The Balaban J connectivity index is 1.72. The van der Waals surface area contributed by atoms with Crippen molar-refractivity contribution in [2.75, 3.05) is 30.0 Å². The topological polar surface area (TPSA) is 44.4 Å². The first-order chi connectivity index (χ1) is 11.7. The number of nitrogens with one attached hydrogen (secondary N) is 2. The van der Waals surface area contributed by atoms with Gasteiger partial charge in [0.1, 0.15) is 11.9 Å². The number of halogens is 1. The summed E-state index contributed by atoms with van der Waals surface area (Å²) in [6.45, 7) is 1.77. The molecule has 1 fully saturated rings. The molecule has 0 spiro atoms. The monoisotopic (exact) mass is 345 g/mol. The number of benzene rings is 2. The van der Waals surface area contributed by atoms with E-state index < -0.39 is 0 Å². The molecule has 1 saturated heterocycles. The molecule has 126 valence electrons. The highest BCUT2D eigenvalue weighted by molar-refractivity contribution is 7.99. The van der Waals surface area contributed by atoms with E-state index in [9.17, 15) is 9.18 Å². The van der Waals surface area contributed by atoms with Gasteiger partial charge in [-0.3, -0.25) is 20.5 Å². The summed E-state index contributed by atoms with van der Waals surface area (Å²) in [4.78, 5) is 15.0. The van der Waals surface area contributed by atoms with Gasteiger partial charge in [0, 0.05) is 24.6 Å². The van der Waals surface area contributed by atoms with Gasteiger partial charge in [-0.2, -0.15) is 11.8 Å². The van der Waals surface area contributed by atoms with E-state index in [0.717, 1.165) is 30.2 Å². The molecule has 0 unspecified atom stereocenters. The number of rotatable bonds is 5. The second-order valence-corrected chi connectivity index (χ2v) is 6.81. The van der Waals surface area contributed by atoms with Crippen LogP contribution in [0.1, 0.15) is 11.6 Å². The lowest BCUT2D eigenvalue weighted by Gasteiger charge is -2.33. The molecule has 24 heavy (non-hydrogen) atoms. The van der Waals surface area contributed by atoms with E-state index in [4.69, 9.17) is 0 Å². The predicted molar refractivity (Wildman–Crippen MR) is 96.2 cm³/mol. The molecule has 0 radical (unpaired) electrons. The lowest BCUT2D eigenvalue weighted by molar-refractivity contribution is -0.126. The zero-order valence-electron chi connectivity index (χ0n) is 13.2. The molecule has 2 aromatic rings. The Bertz CT molecular complexity index is 660. The highest BCUT2D eigenvalue weighted by Crippen LogP contribution is 2.24. The van der Waals surface area contributed by atoms with E-state index in [1.54, 1.807) is 12.1 Å². The van der Waals surface area contributed by atoms with Gasteiger partial charge < -0.3 is 0 Å². The second-order valence-electron chi connectivity index (χ2n) is 5.58. The van der Waals surface area contributed by atoms with Gasteiger partial charge in [0.15, 0.2) is 0 Å². The maximum Gasteiger partial charge on any atom is 0.260 e. The maximum absolute atomic E-state index is 13.0. The summed E-state index contributed by atoms with van der Waals surface area (Å²) in [5.41, 5.74) is 7.24. The van der Waals surface area contributed by atoms with Crippen LogP contribution in [-0.4, -0.2) is 35.4 Å². The first-order valence-electron chi connectivity index (χ1n) is 7.92. The summed E-state index contributed by atoms with van der Waals surface area (Å²) >= 11 is 1.91. The van der Waals surface area contributed by atoms with Gasteiger partial charge >= 0.3 is 0 Å². The highest BCUT2D eigenvalue weighted by atomic mass is 32.2. The van der Waals surface area contributed by atoms with Crippen molar-refractivity contribution in [2.45, 2.75) is 6.04 Å². The van der Waals surface area contributed by atoms with Gasteiger partial charge in [-0.15, -0.1) is 0 Å². The molecule has 2 aromatic carbocycles. The standard InChI is InChI=1S/C18H20FN3OS/c19-15-6-8-16(9-7-15)20-21-18(23)17(14-4-2-1-3-5-14)22-10-12-24-13-11-22/h1-9,17,20H,10-13H2,(H,21,23)/t17-/m1/s1. The van der Waals surface area contributed by atoms with Crippen LogP contribution in [0.2, 0.25) is 0 Å². The summed E-state index contributed by atoms with van der Waals surface area (Å²) in [6, 6.07) is 15.3. The third kappa shape index (κ3) is 4.27. The average Bonchev–Trinajstić information content (AvgIpc) is 2.63. The normalized spacial score (nSPS) is 16.4. The van der Waals surface area contributed by atoms with Crippen molar-refractivity contribution in [1.82, 2.24) is 10.3 Å². The molecule has 3 rings (SSSR count). The third-order valence-electron chi connectivity index (χ3n) is 3.95. The fourth-order valence-corrected chi connectivity index (χ4v) is 3.67. The Labute approximate surface area is 145 Å². The third-order valence-corrected chi connectivity index (χ3v) is 4.89. The Morgan fingerprint density at radius 3 is 2.38 bits per heavy atom. The smallest absolute Gasteiger partial charge is 0.260 e. The van der Waals surface area contributed by atoms with Gasteiger partial charge in [0.05, 0.1) is 5.69 Å². The van der Waals surface area contributed by atoms with E-state index in [1.165, 1.54) is 12.1 Å². The Morgan fingerprint density at radius 2 is 1.71 bits per heavy atom. The number of thioether (sulfide) groups is 1. The number of hydrazine groups is 1. The van der Waals surface area contributed by atoms with Crippen molar-refractivity contribution in [3.8, 4) is 0 Å². The summed E-state index contributed by atoms with van der Waals surface area (Å²) in [5, 5.41) is 0. The fourth-order valence-electron chi connectivity index (χ4n) is 2.73. The molecule has 2 N–H and O–H groups in total. The van der Waals surface area contributed by atoms with Crippen LogP contribution in [0.15, 0.2) is 54.6 Å². The molecule has 0 aliphatic carbocycles. The van der Waals surface area contributed by atoms with Gasteiger partial charge in [-0.1, -0.05) is 30.3 Å². The molecule has 0 bridgehead atoms. The lowest BCUT2D eigenvalue weighted by atomic mass is 10.0. The van der Waals surface area contributed by atoms with E-state index in [1.807, 2.05) is 42.1 Å². The van der Waals surface area contributed by atoms with Crippen LogP contribution in [0.5, 0.6) is 0 Å². The molecule has 1 aliphatic rings. The molecule has 1 atom stereocenters. The van der Waals surface area contributed by atoms with Gasteiger partial charge in [0.2, 0.25) is 0 Å². The van der Waals surface area contributed by atoms with Crippen LogP contribution in [0.4, 0.5) is 10.1 Å². The molecule has 1 heterocycles. The molecule has 4 nitrogen and oxygen atoms in total. The average molecular weight is 345 g/mol. The zero-order valence-corrected chi connectivity index (χ0v) is 14.1. The van der Waals surface area contributed by atoms with E-state index in [0.29, 0.717) is 5.69 Å². The molecule has 6 heteroatoms. The van der Waals surface area contributed by atoms with Crippen LogP contribution >= 0.6 is 11.8 Å². The molecular formula is C18H20FN3OS. The number of hydrogen-bond acceptors (Lipinski definition) is 4. The van der Waals surface area contributed by atoms with E-state index in [2.05, 4.69) is 15.8 Å². The minimum atomic E-state index is -0.333. The van der Waals surface area contributed by atoms with Gasteiger partial charge in [0.25, 0.3) is 5.91 Å². The summed E-state index contributed by atoms with van der Waals surface area (Å²) < 4.78 is 13.0. The first kappa shape index (κ1) is 16.8. The summed E-state index contributed by atoms with van der Waals surface area (Å²) in [7, 11) is 0. The zero-order chi connectivity index (χ0) is 16.8. The minimum absolute atomic E-state index is 0.113. The van der Waals surface area contributed by atoms with Crippen molar-refractivity contribution in [2.24, 2.45) is 0 Å². The van der Waals surface area contributed by atoms with Crippen molar-refractivity contribution in [3.05, 3.63) is 66.0 Å². The van der Waals surface area contributed by atoms with Crippen LogP contribution in [0.3, 0.4) is 0 Å². The molecule has 0 saturated carbocycles. The van der Waals surface area contributed by atoms with Crippen LogP contribution in [-0.2, 0) is 4.79 Å². The molecule has 1 amide bonds. The first-order valence-corrected chi connectivity index (χ1v) is 9.08. The number of hydrogen-bond donors (Lipinski definition) is 2. The van der Waals surface area contributed by atoms with Gasteiger partial charge in [-0.05, 0) is 29.8 Å². The molecular weight excluding hydrogens is 325 g/mol. The van der Waals surface area contributed by atoms with Gasteiger partial charge in [-0.25, -0.2) is 4.39 Å². The summed E-state index contributed by atoms with van der Waals surface area (Å²) in [6.07, 6.45) is 0. The Morgan fingerprint density at radius 1 is 1.04 bits per heavy atom. The highest BCUT2D eigenvalue weighted by Gasteiger charge is 2.28. The van der Waals surface area contributed by atoms with Crippen molar-refractivity contribution >= 4 is 23.4 Å². The second kappa shape index (κ2) is 8.17. The summed E-state index contributed by atoms with van der Waals surface area (Å²) in [5.74, 6) is 1.64. The predicted octanol–water partition coefficient (Wildman–Crippen LogP) is 3.06. The maximum atomic E-state index is 13.0. The van der Waals surface area contributed by atoms with Crippen molar-refractivity contribution in [3.63, 3.8) is 0 Å². The molecule has 0 aromatic heterocycles. The van der Waals surface area contributed by atoms with Crippen molar-refractivity contribution in [1.29, 1.82) is 0 Å². The molecule has 1 aliphatic heterocycles. The van der Waals surface area contributed by atoms with Crippen LogP contribution < -0.4 is 10.9 Å². The number of nitrogens with zero attached hydrogens (tertiary/aromatic N) is 1. The minimum Gasteiger partial charge on any atom is -0.299 e. The number of carbonyl (C=O) groups is 1. The largest absolute Gasteiger partial charge is 0.299 e. The van der Waals surface area contributed by atoms with Crippen LogP contribution in [0.25, 0.3) is 0 Å². The number of carbonyl (C=O) groups excluding carboxylic acids is 1. The van der Waals surface area contributed by atoms with Crippen molar-refractivity contribution < 1.29 is 9.18 Å². The lowest BCUT2D eigenvalue weighted by Crippen LogP contribution is -2.45. The Kier molecular flexibility index (Phi) is 5.72. The SMILES string of the molecule is O=C(NNc1ccc(F)cc1)[C@@H](c1ccccc1)N1CCSCC1. The quantitative estimate of drug-likeness (QED) is 0.818. The van der Waals surface area contributed by atoms with Crippen LogP contribution in [0, 0.1) is 5.82 Å². The fraction of sp³-hybridized carbons (Fsp3) is 0.278.